The van der Waals surface area contributed by atoms with Crippen LogP contribution in [-0.2, 0) is 0 Å². The highest BCUT2D eigenvalue weighted by atomic mass is 16.5. The molecule has 0 amide bonds. The van der Waals surface area contributed by atoms with Gasteiger partial charge in [-0.15, -0.1) is 0 Å². The van der Waals surface area contributed by atoms with Gasteiger partial charge in [-0.05, 0) is 23.8 Å². The molecule has 17 heavy (non-hydrogen) atoms. The number of hydrogen-bond donors (Lipinski definition) is 1. The lowest BCUT2D eigenvalue weighted by molar-refractivity contribution is 0.415. The number of anilines is 1. The van der Waals surface area contributed by atoms with Gasteiger partial charge in [-0.2, -0.15) is 4.98 Å². The van der Waals surface area contributed by atoms with Crippen molar-refractivity contribution in [3.63, 3.8) is 0 Å². The van der Waals surface area contributed by atoms with Crippen LogP contribution in [0.15, 0.2) is 30.6 Å². The topological polar surface area (TPSA) is 73.9 Å². The maximum atomic E-state index is 5.45. The van der Waals surface area contributed by atoms with Crippen molar-refractivity contribution in [2.45, 2.75) is 0 Å². The third-order valence-corrected chi connectivity index (χ3v) is 2.15. The minimum absolute atomic E-state index is 0.217. The molecule has 1 aromatic heterocycles. The Morgan fingerprint density at radius 2 is 1.88 bits per heavy atom. The van der Waals surface area contributed by atoms with Crippen LogP contribution in [-0.4, -0.2) is 22.1 Å². The van der Waals surface area contributed by atoms with Gasteiger partial charge in [0.2, 0.25) is 5.95 Å². The summed E-state index contributed by atoms with van der Waals surface area (Å²) in [5.74, 6) is 1.58. The van der Waals surface area contributed by atoms with Crippen LogP contribution in [0.5, 0.6) is 5.75 Å². The lowest BCUT2D eigenvalue weighted by Crippen LogP contribution is -1.97. The van der Waals surface area contributed by atoms with Crippen LogP contribution in [0, 0.1) is 0 Å². The molecule has 2 aromatic rings. The Balaban J connectivity index is 2.14. The van der Waals surface area contributed by atoms with Gasteiger partial charge in [0.05, 0.1) is 7.11 Å². The van der Waals surface area contributed by atoms with Gasteiger partial charge in [-0.25, -0.2) is 9.97 Å². The molecule has 0 bridgehead atoms. The van der Waals surface area contributed by atoms with Crippen molar-refractivity contribution in [1.29, 1.82) is 0 Å². The first-order valence-corrected chi connectivity index (χ1v) is 5.04. The number of nitrogen functional groups attached to an aromatic ring is 1. The zero-order chi connectivity index (χ0) is 12.1. The monoisotopic (exact) mass is 228 g/mol. The summed E-state index contributed by atoms with van der Waals surface area (Å²) in [6.07, 6.45) is 5.06. The average Bonchev–Trinajstić information content (AvgIpc) is 2.37. The number of nitrogens with zero attached hydrogens (tertiary/aromatic N) is 3. The lowest BCUT2D eigenvalue weighted by Gasteiger charge is -1.99. The normalized spacial score (nSPS) is 10.6. The van der Waals surface area contributed by atoms with E-state index in [2.05, 4.69) is 15.0 Å². The first-order valence-electron chi connectivity index (χ1n) is 5.04. The minimum atomic E-state index is 0.217. The Kier molecular flexibility index (Phi) is 3.30. The van der Waals surface area contributed by atoms with E-state index in [1.807, 2.05) is 30.3 Å². The van der Waals surface area contributed by atoms with Gasteiger partial charge in [0.25, 0.3) is 0 Å². The van der Waals surface area contributed by atoms with E-state index >= 15 is 0 Å². The molecule has 2 N–H and O–H groups in total. The van der Waals surface area contributed by atoms with E-state index < -0.39 is 0 Å². The number of methoxy groups -OCH3 is 1. The van der Waals surface area contributed by atoms with Gasteiger partial charge in [-0.3, -0.25) is 0 Å². The van der Waals surface area contributed by atoms with Crippen LogP contribution >= 0.6 is 0 Å². The number of rotatable bonds is 3. The molecule has 5 nitrogen and oxygen atoms in total. The van der Waals surface area contributed by atoms with Crippen LogP contribution in [0.1, 0.15) is 11.4 Å². The van der Waals surface area contributed by atoms with Crippen molar-refractivity contribution in [3.8, 4) is 5.75 Å². The van der Waals surface area contributed by atoms with Gasteiger partial charge < -0.3 is 10.5 Å². The van der Waals surface area contributed by atoms with Crippen LogP contribution in [0.3, 0.4) is 0 Å². The molecule has 86 valence electrons. The van der Waals surface area contributed by atoms with E-state index in [9.17, 15) is 0 Å². The predicted molar refractivity (Wildman–Crippen MR) is 66.2 cm³/mol. The zero-order valence-corrected chi connectivity index (χ0v) is 9.37. The summed E-state index contributed by atoms with van der Waals surface area (Å²) in [4.78, 5) is 11.7. The largest absolute Gasteiger partial charge is 0.497 e. The number of benzene rings is 1. The molecule has 0 spiro atoms. The highest BCUT2D eigenvalue weighted by Gasteiger charge is 1.93. The molecule has 0 aliphatic heterocycles. The van der Waals surface area contributed by atoms with Crippen molar-refractivity contribution >= 4 is 18.1 Å². The molecule has 0 radical (unpaired) electrons. The molecule has 1 aromatic carbocycles. The van der Waals surface area contributed by atoms with Crippen molar-refractivity contribution in [1.82, 2.24) is 15.0 Å². The summed E-state index contributed by atoms with van der Waals surface area (Å²) >= 11 is 0. The molecule has 1 heterocycles. The molecule has 0 aliphatic carbocycles. The highest BCUT2D eigenvalue weighted by Crippen LogP contribution is 2.13. The average molecular weight is 228 g/mol. The number of ether oxygens (including phenoxy) is 1. The Hall–Kier alpha value is -2.43. The van der Waals surface area contributed by atoms with Gasteiger partial charge in [0, 0.05) is 0 Å². The Morgan fingerprint density at radius 3 is 2.53 bits per heavy atom. The number of hydrogen-bond acceptors (Lipinski definition) is 5. The van der Waals surface area contributed by atoms with E-state index in [1.54, 1.807) is 13.2 Å². The first kappa shape index (κ1) is 11.1. The second-order valence-corrected chi connectivity index (χ2v) is 3.31. The summed E-state index contributed by atoms with van der Waals surface area (Å²) in [6, 6.07) is 7.67. The van der Waals surface area contributed by atoms with Gasteiger partial charge in [0.1, 0.15) is 12.1 Å². The quantitative estimate of drug-likeness (QED) is 0.864. The Labute approximate surface area is 99.0 Å². The molecule has 0 saturated heterocycles. The van der Waals surface area contributed by atoms with E-state index in [0.29, 0.717) is 5.82 Å². The molecule has 0 fully saturated rings. The van der Waals surface area contributed by atoms with E-state index in [-0.39, 0.29) is 5.95 Å². The SMILES string of the molecule is COc1ccc(C=Cc2ncnc(N)n2)cc1. The van der Waals surface area contributed by atoms with Crippen molar-refractivity contribution in [2.24, 2.45) is 0 Å². The van der Waals surface area contributed by atoms with Gasteiger partial charge in [0.15, 0.2) is 5.82 Å². The van der Waals surface area contributed by atoms with E-state index in [0.717, 1.165) is 11.3 Å². The number of nitrogens with two attached hydrogens (primary N) is 1. The molecule has 0 saturated carbocycles. The molecule has 0 unspecified atom stereocenters. The fourth-order valence-corrected chi connectivity index (χ4v) is 1.29. The Bertz CT molecular complexity index is 522. The van der Waals surface area contributed by atoms with Crippen LogP contribution in [0.2, 0.25) is 0 Å². The fraction of sp³-hybridized carbons (Fsp3) is 0.0833. The highest BCUT2D eigenvalue weighted by molar-refractivity contribution is 5.66. The standard InChI is InChI=1S/C12H12N4O/c1-17-10-5-2-9(3-6-10)4-7-11-14-8-15-12(13)16-11/h2-8H,1H3,(H2,13,14,15,16). The van der Waals surface area contributed by atoms with Crippen LogP contribution in [0.25, 0.3) is 12.2 Å². The molecular weight excluding hydrogens is 216 g/mol. The fourth-order valence-electron chi connectivity index (χ4n) is 1.29. The lowest BCUT2D eigenvalue weighted by atomic mass is 10.2. The molecule has 2 rings (SSSR count). The van der Waals surface area contributed by atoms with Crippen LogP contribution < -0.4 is 10.5 Å². The van der Waals surface area contributed by atoms with Crippen molar-refractivity contribution in [2.75, 3.05) is 12.8 Å². The van der Waals surface area contributed by atoms with Crippen LogP contribution in [0.4, 0.5) is 5.95 Å². The third kappa shape index (κ3) is 3.01. The van der Waals surface area contributed by atoms with E-state index in [1.165, 1.54) is 6.33 Å². The third-order valence-electron chi connectivity index (χ3n) is 2.15. The van der Waals surface area contributed by atoms with E-state index in [4.69, 9.17) is 10.5 Å². The maximum absolute atomic E-state index is 5.45. The maximum Gasteiger partial charge on any atom is 0.223 e. The first-order chi connectivity index (χ1) is 8.28. The summed E-state index contributed by atoms with van der Waals surface area (Å²) in [5, 5.41) is 0. The zero-order valence-electron chi connectivity index (χ0n) is 9.37. The molecule has 0 atom stereocenters. The predicted octanol–water partition coefficient (Wildman–Crippen LogP) is 1.63. The van der Waals surface area contributed by atoms with Crippen molar-refractivity contribution < 1.29 is 4.74 Å². The second-order valence-electron chi connectivity index (χ2n) is 3.31. The van der Waals surface area contributed by atoms with Gasteiger partial charge in [-0.1, -0.05) is 18.2 Å². The summed E-state index contributed by atoms with van der Waals surface area (Å²) in [7, 11) is 1.64. The van der Waals surface area contributed by atoms with Crippen molar-refractivity contribution in [3.05, 3.63) is 42.0 Å². The summed E-state index contributed by atoms with van der Waals surface area (Å²) < 4.78 is 5.07. The minimum Gasteiger partial charge on any atom is -0.497 e. The second kappa shape index (κ2) is 5.07. The van der Waals surface area contributed by atoms with Gasteiger partial charge >= 0.3 is 0 Å². The molecule has 0 aliphatic rings. The Morgan fingerprint density at radius 1 is 1.12 bits per heavy atom. The summed E-state index contributed by atoms with van der Waals surface area (Å²) in [5.41, 5.74) is 6.49. The number of aromatic nitrogens is 3. The molecule has 5 heteroatoms. The summed E-state index contributed by atoms with van der Waals surface area (Å²) in [6.45, 7) is 0. The molecular formula is C12H12N4O. The smallest absolute Gasteiger partial charge is 0.223 e.